The topological polar surface area (TPSA) is 65.5 Å². The van der Waals surface area contributed by atoms with Crippen molar-refractivity contribution in [3.63, 3.8) is 0 Å². The van der Waals surface area contributed by atoms with Crippen molar-refractivity contribution in [2.24, 2.45) is 0 Å². The molecule has 0 amide bonds. The molecule has 0 spiro atoms. The van der Waals surface area contributed by atoms with Crippen LogP contribution in [0.15, 0.2) is 6.33 Å². The molecule has 0 aromatic carbocycles. The van der Waals surface area contributed by atoms with E-state index in [4.69, 9.17) is 14.2 Å². The number of anilines is 1. The van der Waals surface area contributed by atoms with Gasteiger partial charge >= 0.3 is 0 Å². The zero-order valence-electron chi connectivity index (χ0n) is 11.9. The summed E-state index contributed by atoms with van der Waals surface area (Å²) in [5.74, 6) is 0.888. The van der Waals surface area contributed by atoms with E-state index in [0.717, 1.165) is 11.4 Å². The Balaban J connectivity index is 1.95. The zero-order chi connectivity index (χ0) is 13.9. The van der Waals surface area contributed by atoms with Crippen molar-refractivity contribution in [2.45, 2.75) is 39.6 Å². The van der Waals surface area contributed by atoms with Crippen molar-refractivity contribution in [3.8, 4) is 5.88 Å². The van der Waals surface area contributed by atoms with Crippen LogP contribution in [0.2, 0.25) is 0 Å². The summed E-state index contributed by atoms with van der Waals surface area (Å²) in [6.07, 6.45) is 1.52. The van der Waals surface area contributed by atoms with Gasteiger partial charge in [0.2, 0.25) is 5.88 Å². The Bertz CT molecular complexity index is 437. The van der Waals surface area contributed by atoms with Gasteiger partial charge in [-0.2, -0.15) is 0 Å². The summed E-state index contributed by atoms with van der Waals surface area (Å²) in [5, 5.41) is 3.26. The van der Waals surface area contributed by atoms with Gasteiger partial charge in [0.15, 0.2) is 5.79 Å². The number of nitrogens with one attached hydrogen (secondary N) is 1. The second-order valence-corrected chi connectivity index (χ2v) is 4.92. The van der Waals surface area contributed by atoms with Crippen LogP contribution in [0, 0.1) is 6.92 Å². The van der Waals surface area contributed by atoms with E-state index >= 15 is 0 Å². The number of ether oxygens (including phenoxy) is 3. The van der Waals surface area contributed by atoms with Gasteiger partial charge in [0, 0.05) is 6.54 Å². The Morgan fingerprint density at radius 1 is 1.47 bits per heavy atom. The van der Waals surface area contributed by atoms with E-state index in [2.05, 4.69) is 15.3 Å². The highest BCUT2D eigenvalue weighted by Crippen LogP contribution is 2.24. The molecule has 19 heavy (non-hydrogen) atoms. The van der Waals surface area contributed by atoms with Gasteiger partial charge in [-0.1, -0.05) is 0 Å². The molecule has 106 valence electrons. The Labute approximate surface area is 113 Å². The molecule has 0 saturated carbocycles. The van der Waals surface area contributed by atoms with Gasteiger partial charge in [-0.05, 0) is 27.7 Å². The molecule has 2 rings (SSSR count). The minimum Gasteiger partial charge on any atom is -0.478 e. The Hall–Kier alpha value is -1.40. The predicted molar refractivity (Wildman–Crippen MR) is 71.3 cm³/mol. The smallest absolute Gasteiger partial charge is 0.221 e. The standard InChI is InChI=1S/C13H21N3O3/c1-5-17-12-9(2)11(15-8-16-12)14-6-10-7-18-13(3,4)19-10/h8,10H,5-7H2,1-4H3,(H,14,15,16). The number of hydrogen-bond donors (Lipinski definition) is 1. The molecule has 1 saturated heterocycles. The average Bonchev–Trinajstić information content (AvgIpc) is 2.70. The van der Waals surface area contributed by atoms with E-state index in [0.29, 0.717) is 25.6 Å². The van der Waals surface area contributed by atoms with Gasteiger partial charge in [-0.15, -0.1) is 0 Å². The number of nitrogens with zero attached hydrogens (tertiary/aromatic N) is 2. The van der Waals surface area contributed by atoms with Crippen LogP contribution in [0.1, 0.15) is 26.3 Å². The molecule has 1 aliphatic heterocycles. The second-order valence-electron chi connectivity index (χ2n) is 4.92. The van der Waals surface area contributed by atoms with Gasteiger partial charge in [0.1, 0.15) is 18.2 Å². The second kappa shape index (κ2) is 5.71. The number of rotatable bonds is 5. The minimum absolute atomic E-state index is 0.0277. The van der Waals surface area contributed by atoms with Crippen molar-refractivity contribution in [3.05, 3.63) is 11.9 Å². The molecule has 0 bridgehead atoms. The average molecular weight is 267 g/mol. The third-order valence-electron chi connectivity index (χ3n) is 2.88. The molecule has 1 unspecified atom stereocenters. The van der Waals surface area contributed by atoms with Crippen LogP contribution < -0.4 is 10.1 Å². The van der Waals surface area contributed by atoms with Gasteiger partial charge in [0.05, 0.1) is 18.8 Å². The highest BCUT2D eigenvalue weighted by atomic mass is 16.7. The summed E-state index contributed by atoms with van der Waals surface area (Å²) in [5.41, 5.74) is 0.905. The summed E-state index contributed by atoms with van der Waals surface area (Å²) in [7, 11) is 0. The van der Waals surface area contributed by atoms with Gasteiger partial charge in [0.25, 0.3) is 0 Å². The SMILES string of the molecule is CCOc1ncnc(NCC2COC(C)(C)O2)c1C. The molecule has 1 aromatic rings. The highest BCUT2D eigenvalue weighted by Gasteiger charge is 2.32. The van der Waals surface area contributed by atoms with Crippen LogP contribution in [-0.4, -0.2) is 41.6 Å². The van der Waals surface area contributed by atoms with Crippen molar-refractivity contribution in [1.29, 1.82) is 0 Å². The molecule has 1 fully saturated rings. The summed E-state index contributed by atoms with van der Waals surface area (Å²) in [4.78, 5) is 8.32. The lowest BCUT2D eigenvalue weighted by Crippen LogP contribution is -2.26. The van der Waals surface area contributed by atoms with Crippen molar-refractivity contribution < 1.29 is 14.2 Å². The third-order valence-corrected chi connectivity index (χ3v) is 2.88. The molecule has 1 aromatic heterocycles. The van der Waals surface area contributed by atoms with E-state index in [1.165, 1.54) is 6.33 Å². The molecule has 6 nitrogen and oxygen atoms in total. The molecular formula is C13H21N3O3. The van der Waals surface area contributed by atoms with Gasteiger partial charge in [-0.3, -0.25) is 0 Å². The molecule has 0 radical (unpaired) electrons. The molecule has 1 atom stereocenters. The first-order valence-corrected chi connectivity index (χ1v) is 6.52. The summed E-state index contributed by atoms with van der Waals surface area (Å²) in [6, 6.07) is 0. The first kappa shape index (κ1) is 14.0. The fourth-order valence-electron chi connectivity index (χ4n) is 1.97. The van der Waals surface area contributed by atoms with E-state index < -0.39 is 5.79 Å². The fourth-order valence-corrected chi connectivity index (χ4v) is 1.97. The molecular weight excluding hydrogens is 246 g/mol. The normalized spacial score (nSPS) is 21.4. The summed E-state index contributed by atoms with van der Waals surface area (Å²) < 4.78 is 16.7. The monoisotopic (exact) mass is 267 g/mol. The van der Waals surface area contributed by atoms with Crippen LogP contribution in [0.4, 0.5) is 5.82 Å². The molecule has 1 N–H and O–H groups in total. The minimum atomic E-state index is -0.496. The van der Waals surface area contributed by atoms with Crippen molar-refractivity contribution in [2.75, 3.05) is 25.1 Å². The van der Waals surface area contributed by atoms with Crippen LogP contribution in [0.3, 0.4) is 0 Å². The highest BCUT2D eigenvalue weighted by molar-refractivity contribution is 5.47. The first-order chi connectivity index (χ1) is 9.02. The quantitative estimate of drug-likeness (QED) is 0.876. The van der Waals surface area contributed by atoms with Gasteiger partial charge in [-0.25, -0.2) is 9.97 Å². The Morgan fingerprint density at radius 3 is 2.89 bits per heavy atom. The Morgan fingerprint density at radius 2 is 2.26 bits per heavy atom. The Kier molecular flexibility index (Phi) is 4.21. The molecule has 2 heterocycles. The van der Waals surface area contributed by atoms with E-state index in [9.17, 15) is 0 Å². The molecule has 0 aliphatic carbocycles. The lowest BCUT2D eigenvalue weighted by Gasteiger charge is -2.18. The largest absolute Gasteiger partial charge is 0.478 e. The maximum absolute atomic E-state index is 5.73. The molecule has 1 aliphatic rings. The van der Waals surface area contributed by atoms with Crippen LogP contribution in [0.25, 0.3) is 0 Å². The van der Waals surface area contributed by atoms with Crippen LogP contribution >= 0.6 is 0 Å². The number of aromatic nitrogens is 2. The van der Waals surface area contributed by atoms with Crippen molar-refractivity contribution >= 4 is 5.82 Å². The van der Waals surface area contributed by atoms with Crippen LogP contribution in [0.5, 0.6) is 5.88 Å². The third kappa shape index (κ3) is 3.54. The number of hydrogen-bond acceptors (Lipinski definition) is 6. The van der Waals surface area contributed by atoms with Crippen molar-refractivity contribution in [1.82, 2.24) is 9.97 Å². The molecule has 6 heteroatoms. The van der Waals surface area contributed by atoms with Gasteiger partial charge < -0.3 is 19.5 Å². The van der Waals surface area contributed by atoms with E-state index in [1.807, 2.05) is 27.7 Å². The van der Waals surface area contributed by atoms with Crippen LogP contribution in [-0.2, 0) is 9.47 Å². The maximum atomic E-state index is 5.73. The lowest BCUT2D eigenvalue weighted by molar-refractivity contribution is -0.136. The van der Waals surface area contributed by atoms with E-state index in [1.54, 1.807) is 0 Å². The first-order valence-electron chi connectivity index (χ1n) is 6.52. The fraction of sp³-hybridized carbons (Fsp3) is 0.692. The summed E-state index contributed by atoms with van der Waals surface area (Å²) in [6.45, 7) is 9.51. The lowest BCUT2D eigenvalue weighted by atomic mass is 10.3. The summed E-state index contributed by atoms with van der Waals surface area (Å²) >= 11 is 0. The maximum Gasteiger partial charge on any atom is 0.221 e. The predicted octanol–water partition coefficient (Wildman–Crippen LogP) is 1.75. The van der Waals surface area contributed by atoms with E-state index in [-0.39, 0.29) is 6.10 Å². The zero-order valence-corrected chi connectivity index (χ0v) is 11.9.